The Morgan fingerprint density at radius 2 is 1.87 bits per heavy atom. The summed E-state index contributed by atoms with van der Waals surface area (Å²) in [6.07, 6.45) is 1.75. The van der Waals surface area contributed by atoms with Crippen molar-refractivity contribution in [3.63, 3.8) is 0 Å². The highest BCUT2D eigenvalue weighted by atomic mass is 79.9. The van der Waals surface area contributed by atoms with Gasteiger partial charge in [-0.1, -0.05) is 15.9 Å². The van der Waals surface area contributed by atoms with Gasteiger partial charge in [0.2, 0.25) is 0 Å². The van der Waals surface area contributed by atoms with Gasteiger partial charge in [0.15, 0.2) is 0 Å². The zero-order valence-electron chi connectivity index (χ0n) is 8.44. The lowest BCUT2D eigenvalue weighted by Gasteiger charge is -2.05. The Kier molecular flexibility index (Phi) is 4.60. The van der Waals surface area contributed by atoms with E-state index in [1.165, 1.54) is 6.26 Å². The molecule has 0 radical (unpaired) electrons. The van der Waals surface area contributed by atoms with Crippen LogP contribution in [0.15, 0.2) is 28.7 Å². The van der Waals surface area contributed by atoms with Crippen molar-refractivity contribution in [3.8, 4) is 5.75 Å². The molecule has 0 bridgehead atoms. The predicted octanol–water partition coefficient (Wildman–Crippen LogP) is 2.26. The number of benzene rings is 1. The zero-order valence-corrected chi connectivity index (χ0v) is 10.8. The van der Waals surface area contributed by atoms with Crippen molar-refractivity contribution in [2.24, 2.45) is 0 Å². The number of hydrogen-bond donors (Lipinski definition) is 0. The molecule has 0 saturated carbocycles. The van der Waals surface area contributed by atoms with Crippen molar-refractivity contribution in [3.05, 3.63) is 28.7 Å². The number of sulfone groups is 1. The van der Waals surface area contributed by atoms with Crippen molar-refractivity contribution >= 4 is 25.8 Å². The quantitative estimate of drug-likeness (QED) is 0.782. The molecule has 3 nitrogen and oxygen atoms in total. The molecule has 0 aliphatic heterocycles. The zero-order chi connectivity index (χ0) is 11.3. The first-order chi connectivity index (χ1) is 6.97. The minimum atomic E-state index is -2.87. The van der Waals surface area contributed by atoms with Crippen molar-refractivity contribution in [2.75, 3.05) is 18.6 Å². The predicted molar refractivity (Wildman–Crippen MR) is 64.0 cm³/mol. The van der Waals surface area contributed by atoms with E-state index in [0.717, 1.165) is 10.2 Å². The molecule has 0 N–H and O–H groups in total. The second-order valence-corrected chi connectivity index (χ2v) is 6.46. The van der Waals surface area contributed by atoms with E-state index < -0.39 is 9.84 Å². The van der Waals surface area contributed by atoms with E-state index in [2.05, 4.69) is 15.9 Å². The molecule has 0 amide bonds. The van der Waals surface area contributed by atoms with Gasteiger partial charge in [-0.15, -0.1) is 0 Å². The number of rotatable bonds is 5. The first-order valence-corrected chi connectivity index (χ1v) is 7.39. The van der Waals surface area contributed by atoms with Gasteiger partial charge in [-0.2, -0.15) is 0 Å². The molecule has 1 aromatic rings. The summed E-state index contributed by atoms with van der Waals surface area (Å²) in [5.41, 5.74) is 0. The summed E-state index contributed by atoms with van der Waals surface area (Å²) in [5, 5.41) is 0. The van der Waals surface area contributed by atoms with Gasteiger partial charge in [0, 0.05) is 10.7 Å². The molecule has 0 spiro atoms. The van der Waals surface area contributed by atoms with Crippen LogP contribution in [0.4, 0.5) is 0 Å². The Labute approximate surface area is 98.5 Å². The van der Waals surface area contributed by atoms with Crippen LogP contribution in [-0.2, 0) is 9.84 Å². The van der Waals surface area contributed by atoms with E-state index >= 15 is 0 Å². The van der Waals surface area contributed by atoms with Crippen LogP contribution in [0.1, 0.15) is 6.42 Å². The molecule has 0 heterocycles. The van der Waals surface area contributed by atoms with Crippen LogP contribution < -0.4 is 4.74 Å². The van der Waals surface area contributed by atoms with Crippen LogP contribution in [0.5, 0.6) is 5.75 Å². The highest BCUT2D eigenvalue weighted by Gasteiger charge is 2.01. The van der Waals surface area contributed by atoms with Gasteiger partial charge in [0.05, 0.1) is 12.4 Å². The van der Waals surface area contributed by atoms with Crippen LogP contribution in [-0.4, -0.2) is 27.0 Å². The molecule has 5 heteroatoms. The molecule has 0 atom stereocenters. The molecule has 0 fully saturated rings. The topological polar surface area (TPSA) is 43.4 Å². The van der Waals surface area contributed by atoms with E-state index in [9.17, 15) is 8.42 Å². The Hall–Kier alpha value is -0.550. The summed E-state index contributed by atoms with van der Waals surface area (Å²) in [6.45, 7) is 0.425. The fourth-order valence-electron chi connectivity index (χ4n) is 1.04. The van der Waals surface area contributed by atoms with Crippen molar-refractivity contribution in [2.45, 2.75) is 6.42 Å². The van der Waals surface area contributed by atoms with E-state index in [1.807, 2.05) is 24.3 Å². The number of ether oxygens (including phenoxy) is 1. The highest BCUT2D eigenvalue weighted by molar-refractivity contribution is 9.10. The molecular weight excluding hydrogens is 280 g/mol. The van der Waals surface area contributed by atoms with Crippen LogP contribution in [0.25, 0.3) is 0 Å². The first-order valence-electron chi connectivity index (χ1n) is 4.53. The summed E-state index contributed by atoms with van der Waals surface area (Å²) in [4.78, 5) is 0. The molecule has 0 saturated heterocycles. The minimum absolute atomic E-state index is 0.170. The Morgan fingerprint density at radius 1 is 1.27 bits per heavy atom. The molecule has 0 aliphatic rings. The van der Waals surface area contributed by atoms with Gasteiger partial charge in [-0.25, -0.2) is 8.42 Å². The molecule has 1 rings (SSSR count). The van der Waals surface area contributed by atoms with Crippen LogP contribution in [0.3, 0.4) is 0 Å². The fourth-order valence-corrected chi connectivity index (χ4v) is 1.95. The average Bonchev–Trinajstić information content (AvgIpc) is 2.14. The average molecular weight is 293 g/mol. The lowest BCUT2D eigenvalue weighted by atomic mass is 10.3. The van der Waals surface area contributed by atoms with Crippen LogP contribution in [0.2, 0.25) is 0 Å². The van der Waals surface area contributed by atoms with Gasteiger partial charge >= 0.3 is 0 Å². The molecule has 1 aromatic carbocycles. The first kappa shape index (κ1) is 12.5. The van der Waals surface area contributed by atoms with E-state index in [0.29, 0.717) is 13.0 Å². The molecule has 84 valence electrons. The Morgan fingerprint density at radius 3 is 2.40 bits per heavy atom. The molecule has 15 heavy (non-hydrogen) atoms. The standard InChI is InChI=1S/C10H13BrO3S/c1-15(12,13)8-2-7-14-10-5-3-9(11)4-6-10/h3-6H,2,7-8H2,1H3. The third kappa shape index (κ3) is 5.79. The smallest absolute Gasteiger partial charge is 0.147 e. The second-order valence-electron chi connectivity index (χ2n) is 3.29. The summed E-state index contributed by atoms with van der Waals surface area (Å²) in [7, 11) is -2.87. The monoisotopic (exact) mass is 292 g/mol. The van der Waals surface area contributed by atoms with Crippen molar-refractivity contribution in [1.29, 1.82) is 0 Å². The highest BCUT2D eigenvalue weighted by Crippen LogP contribution is 2.16. The van der Waals surface area contributed by atoms with E-state index in [1.54, 1.807) is 0 Å². The maximum absolute atomic E-state index is 10.8. The van der Waals surface area contributed by atoms with Gasteiger partial charge in [0.1, 0.15) is 15.6 Å². The maximum Gasteiger partial charge on any atom is 0.147 e. The molecule has 0 aliphatic carbocycles. The van der Waals surface area contributed by atoms with Gasteiger partial charge in [-0.05, 0) is 30.7 Å². The minimum Gasteiger partial charge on any atom is -0.494 e. The summed E-state index contributed by atoms with van der Waals surface area (Å²) in [6, 6.07) is 7.44. The van der Waals surface area contributed by atoms with Crippen LogP contribution in [0, 0.1) is 0 Å². The van der Waals surface area contributed by atoms with Gasteiger partial charge in [-0.3, -0.25) is 0 Å². The third-order valence-corrected chi connectivity index (χ3v) is 3.30. The van der Waals surface area contributed by atoms with Gasteiger partial charge < -0.3 is 4.74 Å². The Balaban J connectivity index is 2.29. The fraction of sp³-hybridized carbons (Fsp3) is 0.400. The normalized spacial score (nSPS) is 11.3. The maximum atomic E-state index is 10.8. The summed E-state index contributed by atoms with van der Waals surface area (Å²) in [5.74, 6) is 0.926. The SMILES string of the molecule is CS(=O)(=O)CCCOc1ccc(Br)cc1. The van der Waals surface area contributed by atoms with Gasteiger partial charge in [0.25, 0.3) is 0 Å². The van der Waals surface area contributed by atoms with Crippen molar-refractivity contribution < 1.29 is 13.2 Å². The largest absolute Gasteiger partial charge is 0.494 e. The third-order valence-electron chi connectivity index (χ3n) is 1.74. The second kappa shape index (κ2) is 5.51. The summed E-state index contributed by atoms with van der Waals surface area (Å²) >= 11 is 3.32. The molecule has 0 unspecified atom stereocenters. The van der Waals surface area contributed by atoms with E-state index in [-0.39, 0.29) is 5.75 Å². The summed E-state index contributed by atoms with van der Waals surface area (Å²) < 4.78 is 28.0. The van der Waals surface area contributed by atoms with Crippen molar-refractivity contribution in [1.82, 2.24) is 0 Å². The number of halogens is 1. The Bertz CT molecular complexity index is 397. The lowest BCUT2D eigenvalue weighted by molar-refractivity contribution is 0.317. The molecule has 0 aromatic heterocycles. The molecular formula is C10H13BrO3S. The number of hydrogen-bond acceptors (Lipinski definition) is 3. The lowest BCUT2D eigenvalue weighted by Crippen LogP contribution is -2.07. The van der Waals surface area contributed by atoms with E-state index in [4.69, 9.17) is 4.74 Å². The van der Waals surface area contributed by atoms with Crippen LogP contribution >= 0.6 is 15.9 Å².